The molecule has 4 rings (SSSR count). The summed E-state index contributed by atoms with van der Waals surface area (Å²) >= 11 is 6.20. The third-order valence-corrected chi connectivity index (χ3v) is 5.97. The SMILES string of the molecule is CCc1ccc(NC(=O)C2CCN(c3c(C#N)cnc4ccc(Cl)cc34)CC2)cc1. The molecular formula is C24H23ClN4O. The van der Waals surface area contributed by atoms with Crippen molar-refractivity contribution in [2.75, 3.05) is 23.3 Å². The maximum atomic E-state index is 12.7. The normalized spacial score (nSPS) is 14.5. The van der Waals surface area contributed by atoms with Gasteiger partial charge in [-0.25, -0.2) is 0 Å². The van der Waals surface area contributed by atoms with Gasteiger partial charge in [0.1, 0.15) is 6.07 Å². The number of carbonyl (C=O) groups is 1. The van der Waals surface area contributed by atoms with Crippen molar-refractivity contribution in [1.82, 2.24) is 4.98 Å². The minimum Gasteiger partial charge on any atom is -0.370 e. The van der Waals surface area contributed by atoms with Gasteiger partial charge in [-0.2, -0.15) is 5.26 Å². The highest BCUT2D eigenvalue weighted by Crippen LogP contribution is 2.34. The standard InChI is InChI=1S/C24H23ClN4O/c1-2-16-3-6-20(7-4-16)28-24(30)17-9-11-29(12-10-17)23-18(14-26)15-27-22-8-5-19(25)13-21(22)23/h3-8,13,15,17H,2,9-12H2,1H3,(H,28,30). The van der Waals surface area contributed by atoms with Gasteiger partial charge < -0.3 is 10.2 Å². The lowest BCUT2D eigenvalue weighted by Gasteiger charge is -2.34. The second kappa shape index (κ2) is 8.73. The molecule has 1 N–H and O–H groups in total. The number of piperidine rings is 1. The van der Waals surface area contributed by atoms with Crippen LogP contribution in [0.25, 0.3) is 10.9 Å². The fourth-order valence-corrected chi connectivity index (χ4v) is 4.18. The highest BCUT2D eigenvalue weighted by molar-refractivity contribution is 6.31. The lowest BCUT2D eigenvalue weighted by Crippen LogP contribution is -2.38. The third kappa shape index (κ3) is 4.10. The number of nitrogens with one attached hydrogen (secondary N) is 1. The number of amides is 1. The molecule has 2 aromatic carbocycles. The van der Waals surface area contributed by atoms with E-state index >= 15 is 0 Å². The van der Waals surface area contributed by atoms with Crippen LogP contribution < -0.4 is 10.2 Å². The maximum Gasteiger partial charge on any atom is 0.227 e. The van der Waals surface area contributed by atoms with Gasteiger partial charge in [-0.05, 0) is 55.2 Å². The molecule has 1 amide bonds. The van der Waals surface area contributed by atoms with Gasteiger partial charge >= 0.3 is 0 Å². The first-order valence-corrected chi connectivity index (χ1v) is 10.6. The molecule has 1 aliphatic heterocycles. The number of fused-ring (bicyclic) bond motifs is 1. The molecule has 0 aliphatic carbocycles. The highest BCUT2D eigenvalue weighted by Gasteiger charge is 2.27. The monoisotopic (exact) mass is 418 g/mol. The quantitative estimate of drug-likeness (QED) is 0.634. The lowest BCUT2D eigenvalue weighted by molar-refractivity contribution is -0.120. The van der Waals surface area contributed by atoms with Gasteiger partial charge in [0, 0.05) is 41.3 Å². The molecule has 0 spiro atoms. The Labute approximate surface area is 181 Å². The number of aromatic nitrogens is 1. The number of nitriles is 1. The van der Waals surface area contributed by atoms with E-state index in [0.29, 0.717) is 23.7 Å². The van der Waals surface area contributed by atoms with Crippen molar-refractivity contribution in [3.8, 4) is 6.07 Å². The number of benzene rings is 2. The molecule has 30 heavy (non-hydrogen) atoms. The van der Waals surface area contributed by atoms with Crippen LogP contribution >= 0.6 is 11.6 Å². The lowest BCUT2D eigenvalue weighted by atomic mass is 9.94. The van der Waals surface area contributed by atoms with Crippen LogP contribution in [0.1, 0.15) is 30.9 Å². The highest BCUT2D eigenvalue weighted by atomic mass is 35.5. The summed E-state index contributed by atoms with van der Waals surface area (Å²) in [4.78, 5) is 19.3. The summed E-state index contributed by atoms with van der Waals surface area (Å²) in [6, 6.07) is 15.8. The molecule has 0 bridgehead atoms. The maximum absolute atomic E-state index is 12.7. The molecule has 3 aromatic rings. The molecule has 0 atom stereocenters. The van der Waals surface area contributed by atoms with Crippen LogP contribution in [-0.4, -0.2) is 24.0 Å². The Morgan fingerprint density at radius 1 is 1.23 bits per heavy atom. The molecule has 0 radical (unpaired) electrons. The largest absolute Gasteiger partial charge is 0.370 e. The Morgan fingerprint density at radius 3 is 2.63 bits per heavy atom. The number of pyridine rings is 1. The molecule has 6 heteroatoms. The van der Waals surface area contributed by atoms with E-state index in [9.17, 15) is 10.1 Å². The Morgan fingerprint density at radius 2 is 1.97 bits per heavy atom. The van der Waals surface area contributed by atoms with Crippen molar-refractivity contribution in [2.24, 2.45) is 5.92 Å². The number of anilines is 2. The van der Waals surface area contributed by atoms with Gasteiger partial charge in [-0.3, -0.25) is 9.78 Å². The van der Waals surface area contributed by atoms with Crippen LogP contribution in [0.3, 0.4) is 0 Å². The number of hydrogen-bond acceptors (Lipinski definition) is 4. The molecule has 2 heterocycles. The Kier molecular flexibility index (Phi) is 5.87. The van der Waals surface area contributed by atoms with Gasteiger partial charge in [-0.1, -0.05) is 30.7 Å². The second-order valence-electron chi connectivity index (χ2n) is 7.59. The number of aryl methyl sites for hydroxylation is 1. The molecule has 1 aliphatic rings. The van der Waals surface area contributed by atoms with Gasteiger partial charge in [0.25, 0.3) is 0 Å². The van der Waals surface area contributed by atoms with E-state index in [1.54, 1.807) is 12.3 Å². The van der Waals surface area contributed by atoms with Crippen molar-refractivity contribution in [3.63, 3.8) is 0 Å². The molecule has 1 fully saturated rings. The average Bonchev–Trinajstić information content (AvgIpc) is 2.78. The van der Waals surface area contributed by atoms with Gasteiger partial charge in [0.2, 0.25) is 5.91 Å². The molecular weight excluding hydrogens is 396 g/mol. The topological polar surface area (TPSA) is 69.0 Å². The van der Waals surface area contributed by atoms with E-state index < -0.39 is 0 Å². The van der Waals surface area contributed by atoms with Crippen molar-refractivity contribution >= 4 is 39.8 Å². The van der Waals surface area contributed by atoms with Crippen molar-refractivity contribution in [2.45, 2.75) is 26.2 Å². The van der Waals surface area contributed by atoms with E-state index in [1.165, 1.54) is 5.56 Å². The smallest absolute Gasteiger partial charge is 0.227 e. The van der Waals surface area contributed by atoms with Crippen LogP contribution in [0.4, 0.5) is 11.4 Å². The third-order valence-electron chi connectivity index (χ3n) is 5.73. The van der Waals surface area contributed by atoms with Crippen LogP contribution in [-0.2, 0) is 11.2 Å². The first-order valence-electron chi connectivity index (χ1n) is 10.2. The number of nitrogens with zero attached hydrogens (tertiary/aromatic N) is 3. The Hall–Kier alpha value is -3.10. The Bertz CT molecular complexity index is 1110. The summed E-state index contributed by atoms with van der Waals surface area (Å²) in [6.07, 6.45) is 4.05. The van der Waals surface area contributed by atoms with Crippen LogP contribution in [0.5, 0.6) is 0 Å². The minimum atomic E-state index is -0.0469. The minimum absolute atomic E-state index is 0.0469. The summed E-state index contributed by atoms with van der Waals surface area (Å²) < 4.78 is 0. The summed E-state index contributed by atoms with van der Waals surface area (Å²) in [5.74, 6) is 0.0105. The number of rotatable bonds is 4. The van der Waals surface area contributed by atoms with Crippen LogP contribution in [0.15, 0.2) is 48.7 Å². The fourth-order valence-electron chi connectivity index (χ4n) is 4.01. The average molecular weight is 419 g/mol. The number of hydrogen-bond donors (Lipinski definition) is 1. The zero-order valence-corrected chi connectivity index (χ0v) is 17.6. The zero-order chi connectivity index (χ0) is 21.1. The molecule has 0 saturated carbocycles. The molecule has 1 saturated heterocycles. The van der Waals surface area contributed by atoms with E-state index in [1.807, 2.05) is 36.4 Å². The zero-order valence-electron chi connectivity index (χ0n) is 16.9. The number of halogens is 1. The van der Waals surface area contributed by atoms with E-state index in [2.05, 4.69) is 28.2 Å². The molecule has 152 valence electrons. The summed E-state index contributed by atoms with van der Waals surface area (Å²) in [5, 5.41) is 14.1. The number of carbonyl (C=O) groups excluding carboxylic acids is 1. The molecule has 0 unspecified atom stereocenters. The van der Waals surface area contributed by atoms with Gasteiger partial charge in [0.05, 0.1) is 16.8 Å². The van der Waals surface area contributed by atoms with Crippen LogP contribution in [0, 0.1) is 17.2 Å². The molecule has 5 nitrogen and oxygen atoms in total. The van der Waals surface area contributed by atoms with Gasteiger partial charge in [-0.15, -0.1) is 0 Å². The van der Waals surface area contributed by atoms with E-state index in [-0.39, 0.29) is 11.8 Å². The Balaban J connectivity index is 1.48. The van der Waals surface area contributed by atoms with Crippen LogP contribution in [0.2, 0.25) is 5.02 Å². The summed E-state index contributed by atoms with van der Waals surface area (Å²) in [5.41, 5.74) is 4.28. The summed E-state index contributed by atoms with van der Waals surface area (Å²) in [6.45, 7) is 3.51. The van der Waals surface area contributed by atoms with E-state index in [0.717, 1.165) is 41.5 Å². The van der Waals surface area contributed by atoms with Crippen molar-refractivity contribution < 1.29 is 4.79 Å². The van der Waals surface area contributed by atoms with Crippen molar-refractivity contribution in [1.29, 1.82) is 5.26 Å². The summed E-state index contributed by atoms with van der Waals surface area (Å²) in [7, 11) is 0. The van der Waals surface area contributed by atoms with E-state index in [4.69, 9.17) is 11.6 Å². The fraction of sp³-hybridized carbons (Fsp3) is 0.292. The van der Waals surface area contributed by atoms with Gasteiger partial charge in [0.15, 0.2) is 0 Å². The second-order valence-corrected chi connectivity index (χ2v) is 8.03. The first-order chi connectivity index (χ1) is 14.6. The predicted octanol–water partition coefficient (Wildman–Crippen LogP) is 5.18. The molecule has 1 aromatic heterocycles. The first kappa shape index (κ1) is 20.2. The van der Waals surface area contributed by atoms with Crippen molar-refractivity contribution in [3.05, 3.63) is 64.8 Å². The predicted molar refractivity (Wildman–Crippen MR) is 121 cm³/mol.